The van der Waals surface area contributed by atoms with Gasteiger partial charge in [0.15, 0.2) is 0 Å². The van der Waals surface area contributed by atoms with Crippen molar-refractivity contribution in [1.29, 1.82) is 0 Å². The maximum atomic E-state index is 14.2. The van der Waals surface area contributed by atoms with E-state index in [-0.39, 0.29) is 47.7 Å². The average Bonchev–Trinajstić information content (AvgIpc) is 4.16. The lowest BCUT2D eigenvalue weighted by Gasteiger charge is -2.37. The molecule has 0 saturated carbocycles. The zero-order valence-corrected chi connectivity index (χ0v) is 43.6. The largest absolute Gasteiger partial charge is 0.391 e. The number of nitrogens with zero attached hydrogens (tertiary/aromatic N) is 4. The van der Waals surface area contributed by atoms with Crippen LogP contribution in [-0.4, -0.2) is 104 Å². The first-order valence-corrected chi connectivity index (χ1v) is 26.9. The molecule has 0 aliphatic carbocycles. The van der Waals surface area contributed by atoms with E-state index >= 15 is 0 Å². The number of H-pyrrole nitrogens is 1. The first-order chi connectivity index (χ1) is 34.1. The number of aliphatic hydroxyl groups excluding tert-OH is 1. The fourth-order valence-electron chi connectivity index (χ4n) is 9.99. The number of imidazole rings is 1. The number of benzene rings is 3. The van der Waals surface area contributed by atoms with E-state index in [1.807, 2.05) is 56.3 Å². The van der Waals surface area contributed by atoms with Gasteiger partial charge in [0.1, 0.15) is 5.82 Å². The number of carbonyl (C=O) groups excluding carboxylic acids is 4. The van der Waals surface area contributed by atoms with E-state index in [1.165, 1.54) is 17.7 Å². The fourth-order valence-corrected chi connectivity index (χ4v) is 10.8. The van der Waals surface area contributed by atoms with Crippen LogP contribution in [-0.2, 0) is 22.7 Å². The van der Waals surface area contributed by atoms with Gasteiger partial charge in [-0.1, -0.05) is 83.6 Å². The first kappa shape index (κ1) is 53.3. The molecule has 6 N–H and O–H groups in total. The molecule has 0 bridgehead atoms. The Morgan fingerprint density at radius 1 is 0.887 bits per heavy atom. The van der Waals surface area contributed by atoms with E-state index in [1.54, 1.807) is 35.6 Å². The molecule has 5 atom stereocenters. The van der Waals surface area contributed by atoms with Crippen LogP contribution in [0.4, 0.5) is 5.69 Å². The van der Waals surface area contributed by atoms with Gasteiger partial charge >= 0.3 is 0 Å². The van der Waals surface area contributed by atoms with Gasteiger partial charge in [-0.3, -0.25) is 24.1 Å². The number of anilines is 1. The molecule has 15 heteroatoms. The molecule has 2 aromatic heterocycles. The number of rotatable bonds is 24. The number of aryl methyl sites for hydroxylation is 1. The highest BCUT2D eigenvalue weighted by Gasteiger charge is 2.43. The lowest BCUT2D eigenvalue weighted by Crippen LogP contribution is -2.53. The number of carbonyl (C=O) groups is 4. The minimum atomic E-state index is -0.586. The predicted molar refractivity (Wildman–Crippen MR) is 284 cm³/mol. The number of thiazole rings is 1. The minimum absolute atomic E-state index is 0.0234. The summed E-state index contributed by atoms with van der Waals surface area (Å²) in [5.41, 5.74) is 8.24. The molecule has 2 fully saturated rings. The maximum absolute atomic E-state index is 14.2. The third-order valence-corrected chi connectivity index (χ3v) is 15.5. The molecule has 4 heterocycles. The SMILES string of the molecule is Cc1ncsc1-c1ccc(CNC(C)[C@@H]2C[C@@H](O)CN2C(=O)C(CNC(=O)CCCCCCCCCCNC(=O)c2ccc(C(=O)Nc3ccc4nc(CN5CCC[C@H]5C)[nH]c4c3)cc2)C(C)(C)C)cc1. The highest BCUT2D eigenvalue weighted by molar-refractivity contribution is 7.13. The summed E-state index contributed by atoms with van der Waals surface area (Å²) in [6.45, 7) is 16.2. The van der Waals surface area contributed by atoms with Crippen molar-refractivity contribution in [3.05, 3.63) is 100 Å². The summed E-state index contributed by atoms with van der Waals surface area (Å²) in [6.07, 6.45) is 10.8. The second kappa shape index (κ2) is 25.3. The second-order valence-corrected chi connectivity index (χ2v) is 21.9. The number of amides is 4. The zero-order valence-electron chi connectivity index (χ0n) is 42.8. The van der Waals surface area contributed by atoms with Crippen molar-refractivity contribution < 1.29 is 24.3 Å². The van der Waals surface area contributed by atoms with Gasteiger partial charge in [-0.15, -0.1) is 11.3 Å². The number of unbranched alkanes of at least 4 members (excludes halogenated alkanes) is 7. The summed E-state index contributed by atoms with van der Waals surface area (Å²) in [4.78, 5) is 71.0. The molecule has 2 aliphatic rings. The molecular formula is C56H77N9O5S. The van der Waals surface area contributed by atoms with Crippen LogP contribution in [0.5, 0.6) is 0 Å². The highest BCUT2D eigenvalue weighted by atomic mass is 32.1. The molecule has 71 heavy (non-hydrogen) atoms. The Kier molecular flexibility index (Phi) is 19.0. The number of aromatic amines is 1. The third-order valence-electron chi connectivity index (χ3n) is 14.5. The normalized spacial score (nSPS) is 18.2. The maximum Gasteiger partial charge on any atom is 0.255 e. The monoisotopic (exact) mass is 988 g/mol. The Hall–Kier alpha value is -5.48. The molecule has 2 unspecified atom stereocenters. The summed E-state index contributed by atoms with van der Waals surface area (Å²) in [7, 11) is 0. The third kappa shape index (κ3) is 15.0. The van der Waals surface area contributed by atoms with Crippen molar-refractivity contribution in [1.82, 2.24) is 40.7 Å². The van der Waals surface area contributed by atoms with Crippen molar-refractivity contribution in [3.8, 4) is 10.4 Å². The van der Waals surface area contributed by atoms with Crippen molar-refractivity contribution in [2.24, 2.45) is 11.3 Å². The molecule has 382 valence electrons. The molecule has 4 amide bonds. The standard InChI is InChI=1S/C56H77N9O5S/c1-37-16-15-29-64(37)35-50-62-47-27-26-44(30-48(47)63-50)61-54(69)43-24-22-42(23-25-43)53(68)57-28-14-12-10-8-7-9-11-13-17-51(67)59-33-46(56(4,5)6)55(70)65-34-45(66)31-49(65)38(2)58-32-40-18-20-41(21-19-40)52-39(3)60-36-71-52/h18-27,30,36-38,45-46,49,58,66H,7-17,28-29,31-35H2,1-6H3,(H,57,68)(H,59,67)(H,61,69)(H,62,63)/t37-,38?,45-,46?,49+/m1/s1. The lowest BCUT2D eigenvalue weighted by molar-refractivity contribution is -0.140. The summed E-state index contributed by atoms with van der Waals surface area (Å²) >= 11 is 1.64. The molecule has 0 radical (unpaired) electrons. The molecule has 5 aromatic rings. The number of fused-ring (bicyclic) bond motifs is 1. The smallest absolute Gasteiger partial charge is 0.255 e. The minimum Gasteiger partial charge on any atom is -0.391 e. The van der Waals surface area contributed by atoms with Crippen LogP contribution in [0.1, 0.15) is 149 Å². The number of hydrogen-bond acceptors (Lipinski definition) is 10. The molecular weight excluding hydrogens is 911 g/mol. The average molecular weight is 988 g/mol. The van der Waals surface area contributed by atoms with Crippen LogP contribution < -0.4 is 21.3 Å². The number of likely N-dealkylation sites (tertiary alicyclic amines) is 2. The number of aromatic nitrogens is 3. The van der Waals surface area contributed by atoms with Gasteiger partial charge in [-0.2, -0.15) is 0 Å². The Morgan fingerprint density at radius 3 is 2.24 bits per heavy atom. The summed E-state index contributed by atoms with van der Waals surface area (Å²) < 4.78 is 0. The summed E-state index contributed by atoms with van der Waals surface area (Å²) in [5, 5.41) is 23.4. The van der Waals surface area contributed by atoms with Gasteiger partial charge in [0.2, 0.25) is 11.8 Å². The molecule has 0 spiro atoms. The van der Waals surface area contributed by atoms with Gasteiger partial charge < -0.3 is 36.3 Å². The number of aliphatic hydroxyl groups is 1. The molecule has 14 nitrogen and oxygen atoms in total. The van der Waals surface area contributed by atoms with E-state index < -0.39 is 12.0 Å². The molecule has 7 rings (SSSR count). The Bertz CT molecular complexity index is 2530. The van der Waals surface area contributed by atoms with Crippen molar-refractivity contribution >= 4 is 51.7 Å². The fraction of sp³-hybridized carbons (Fsp3) is 0.536. The Morgan fingerprint density at radius 2 is 1.58 bits per heavy atom. The van der Waals surface area contributed by atoms with Crippen LogP contribution in [0.2, 0.25) is 0 Å². The Labute approximate surface area is 424 Å². The topological polar surface area (TPSA) is 185 Å². The van der Waals surface area contributed by atoms with E-state index in [0.717, 1.165) is 98.1 Å². The van der Waals surface area contributed by atoms with Gasteiger partial charge in [-0.05, 0) is 118 Å². The van der Waals surface area contributed by atoms with Gasteiger partial charge in [0, 0.05) is 67.5 Å². The Balaban J connectivity index is 0.728. The van der Waals surface area contributed by atoms with Gasteiger partial charge in [0.05, 0.1) is 45.7 Å². The predicted octanol–water partition coefficient (Wildman–Crippen LogP) is 9.39. The van der Waals surface area contributed by atoms with Gasteiger partial charge in [0.25, 0.3) is 11.8 Å². The second-order valence-electron chi connectivity index (χ2n) is 21.0. The number of nitrogens with one attached hydrogen (secondary N) is 5. The first-order valence-electron chi connectivity index (χ1n) is 26.0. The molecule has 2 saturated heterocycles. The van der Waals surface area contributed by atoms with E-state index in [2.05, 4.69) is 74.2 Å². The van der Waals surface area contributed by atoms with E-state index in [0.29, 0.717) is 55.3 Å². The van der Waals surface area contributed by atoms with Crippen LogP contribution in [0.15, 0.2) is 72.2 Å². The van der Waals surface area contributed by atoms with Crippen LogP contribution >= 0.6 is 11.3 Å². The van der Waals surface area contributed by atoms with Gasteiger partial charge in [-0.25, -0.2) is 9.97 Å². The quantitative estimate of drug-likeness (QED) is 0.0328. The van der Waals surface area contributed by atoms with Crippen molar-refractivity contribution in [2.45, 2.75) is 156 Å². The van der Waals surface area contributed by atoms with Crippen LogP contribution in [0.3, 0.4) is 0 Å². The summed E-state index contributed by atoms with van der Waals surface area (Å²) in [6, 6.07) is 21.3. The van der Waals surface area contributed by atoms with Crippen molar-refractivity contribution in [2.75, 3.05) is 31.5 Å². The van der Waals surface area contributed by atoms with Crippen LogP contribution in [0, 0.1) is 18.3 Å². The zero-order chi connectivity index (χ0) is 50.5. The van der Waals surface area contributed by atoms with E-state index in [9.17, 15) is 24.3 Å². The highest BCUT2D eigenvalue weighted by Crippen LogP contribution is 2.32. The van der Waals surface area contributed by atoms with E-state index in [4.69, 9.17) is 4.98 Å². The van der Waals surface area contributed by atoms with Crippen molar-refractivity contribution in [3.63, 3.8) is 0 Å². The molecule has 3 aromatic carbocycles. The van der Waals surface area contributed by atoms with Crippen LogP contribution in [0.25, 0.3) is 21.5 Å². The number of hydrogen-bond donors (Lipinski definition) is 6. The number of β-amino-alcohol motifs (C(OH)–C–C–N with tert-alkyl or cyclic N) is 1. The molecule has 2 aliphatic heterocycles. The summed E-state index contributed by atoms with van der Waals surface area (Å²) in [5.74, 6) is 0.0574. The lowest BCUT2D eigenvalue weighted by atomic mass is 9.79.